The first kappa shape index (κ1) is 22.1. The van der Waals surface area contributed by atoms with Crippen LogP contribution in [0.2, 0.25) is 0 Å². The topological polar surface area (TPSA) is 91.7 Å². The molecule has 1 saturated heterocycles. The number of nitriles is 1. The molecule has 0 bridgehead atoms. The van der Waals surface area contributed by atoms with Gasteiger partial charge in [-0.15, -0.1) is 0 Å². The minimum absolute atomic E-state index is 0.0313. The van der Waals surface area contributed by atoms with Crippen LogP contribution in [0.1, 0.15) is 21.5 Å². The largest absolute Gasteiger partial charge is 0.452 e. The fourth-order valence-electron chi connectivity index (χ4n) is 2.97. The molecule has 1 amide bonds. The lowest BCUT2D eigenvalue weighted by Gasteiger charge is -2.31. The Balaban J connectivity index is 1.70. The second-order valence-corrected chi connectivity index (χ2v) is 6.64. The molecule has 3 rings (SSSR count). The molecule has 0 radical (unpaired) electrons. The van der Waals surface area contributed by atoms with Crippen LogP contribution in [0.25, 0.3) is 0 Å². The van der Waals surface area contributed by atoms with E-state index in [1.807, 2.05) is 11.0 Å². The van der Waals surface area contributed by atoms with E-state index < -0.39 is 30.2 Å². The zero-order valence-corrected chi connectivity index (χ0v) is 16.2. The van der Waals surface area contributed by atoms with Crippen LogP contribution in [0.4, 0.5) is 24.5 Å². The number of hydrogen-bond donors (Lipinski definition) is 1. The van der Waals surface area contributed by atoms with Crippen molar-refractivity contribution in [3.05, 3.63) is 59.2 Å². The Labute approximate surface area is 176 Å². The van der Waals surface area contributed by atoms with Gasteiger partial charge in [0, 0.05) is 13.1 Å². The molecule has 7 nitrogen and oxygen atoms in total. The summed E-state index contributed by atoms with van der Waals surface area (Å²) in [7, 11) is 0. The van der Waals surface area contributed by atoms with Gasteiger partial charge in [-0.3, -0.25) is 4.79 Å². The van der Waals surface area contributed by atoms with Gasteiger partial charge in [-0.1, -0.05) is 0 Å². The quantitative estimate of drug-likeness (QED) is 0.729. The predicted molar refractivity (Wildman–Crippen MR) is 105 cm³/mol. The lowest BCUT2D eigenvalue weighted by molar-refractivity contribution is -0.137. The minimum atomic E-state index is -4.58. The number of morpholine rings is 1. The van der Waals surface area contributed by atoms with Crippen LogP contribution in [0, 0.1) is 11.3 Å². The Morgan fingerprint density at radius 2 is 1.81 bits per heavy atom. The number of rotatable bonds is 5. The second-order valence-electron chi connectivity index (χ2n) is 6.64. The van der Waals surface area contributed by atoms with Crippen LogP contribution < -0.4 is 10.2 Å². The Morgan fingerprint density at radius 3 is 2.42 bits per heavy atom. The summed E-state index contributed by atoms with van der Waals surface area (Å²) in [5, 5.41) is 11.2. The van der Waals surface area contributed by atoms with Crippen molar-refractivity contribution in [2.24, 2.45) is 0 Å². The van der Waals surface area contributed by atoms with Crippen LogP contribution in [0.3, 0.4) is 0 Å². The standard InChI is InChI=1S/C21H18F3N3O4/c22-21(23,24)16-5-6-18(27-7-9-30-10-8-27)17(11-16)26-19(28)13-31-20(29)15-3-1-14(12-25)2-4-15/h1-6,11H,7-10,13H2,(H,26,28). The molecular formula is C21H18F3N3O4. The van der Waals surface area contributed by atoms with Crippen molar-refractivity contribution in [2.45, 2.75) is 6.18 Å². The van der Waals surface area contributed by atoms with Crippen molar-refractivity contribution in [1.82, 2.24) is 0 Å². The molecule has 0 spiro atoms. The number of ether oxygens (including phenoxy) is 2. The maximum Gasteiger partial charge on any atom is 0.416 e. The van der Waals surface area contributed by atoms with Crippen molar-refractivity contribution >= 4 is 23.3 Å². The van der Waals surface area contributed by atoms with Gasteiger partial charge in [0.25, 0.3) is 5.91 Å². The summed E-state index contributed by atoms with van der Waals surface area (Å²) in [6.45, 7) is 1.06. The molecule has 2 aromatic carbocycles. The summed E-state index contributed by atoms with van der Waals surface area (Å²) < 4.78 is 49.6. The van der Waals surface area contributed by atoms with Gasteiger partial charge in [0.15, 0.2) is 6.61 Å². The number of nitrogens with zero attached hydrogens (tertiary/aromatic N) is 2. The highest BCUT2D eigenvalue weighted by molar-refractivity contribution is 5.97. The van der Waals surface area contributed by atoms with Crippen LogP contribution in [0.15, 0.2) is 42.5 Å². The molecule has 1 aliphatic heterocycles. The zero-order valence-electron chi connectivity index (χ0n) is 16.2. The maximum absolute atomic E-state index is 13.1. The highest BCUT2D eigenvalue weighted by atomic mass is 19.4. The van der Waals surface area contributed by atoms with Crippen molar-refractivity contribution < 1.29 is 32.2 Å². The van der Waals surface area contributed by atoms with Gasteiger partial charge >= 0.3 is 12.1 Å². The summed E-state index contributed by atoms with van der Waals surface area (Å²) >= 11 is 0. The molecule has 162 valence electrons. The predicted octanol–water partition coefficient (Wildman–Crippen LogP) is 3.21. The summed E-state index contributed by atoms with van der Waals surface area (Å²) in [6, 6.07) is 10.6. The number of hydrogen-bond acceptors (Lipinski definition) is 6. The van der Waals surface area contributed by atoms with E-state index in [4.69, 9.17) is 14.7 Å². The van der Waals surface area contributed by atoms with Gasteiger partial charge < -0.3 is 19.7 Å². The molecular weight excluding hydrogens is 415 g/mol. The third-order valence-electron chi connectivity index (χ3n) is 4.53. The Morgan fingerprint density at radius 1 is 1.13 bits per heavy atom. The number of alkyl halides is 3. The van der Waals surface area contributed by atoms with Gasteiger partial charge in [-0.25, -0.2) is 4.79 Å². The summed E-state index contributed by atoms with van der Waals surface area (Å²) in [5.74, 6) is -1.58. The normalized spacial score (nSPS) is 13.9. The molecule has 0 saturated carbocycles. The first-order valence-electron chi connectivity index (χ1n) is 9.29. The molecule has 0 atom stereocenters. The summed E-state index contributed by atoms with van der Waals surface area (Å²) in [6.07, 6.45) is -4.58. The number of esters is 1. The van der Waals surface area contributed by atoms with E-state index in [1.54, 1.807) is 0 Å². The molecule has 1 N–H and O–H groups in total. The number of benzene rings is 2. The van der Waals surface area contributed by atoms with Crippen LogP contribution in [0.5, 0.6) is 0 Å². The van der Waals surface area contributed by atoms with E-state index in [-0.39, 0.29) is 11.3 Å². The van der Waals surface area contributed by atoms with E-state index in [0.717, 1.165) is 12.1 Å². The highest BCUT2D eigenvalue weighted by Gasteiger charge is 2.32. The van der Waals surface area contributed by atoms with Gasteiger partial charge in [0.05, 0.1) is 47.3 Å². The van der Waals surface area contributed by atoms with Gasteiger partial charge in [0.1, 0.15) is 0 Å². The molecule has 10 heteroatoms. The number of amides is 1. The lowest BCUT2D eigenvalue weighted by Crippen LogP contribution is -2.37. The lowest BCUT2D eigenvalue weighted by atomic mass is 10.1. The molecule has 0 aromatic heterocycles. The molecule has 0 aliphatic carbocycles. The molecule has 1 aliphatic rings. The van der Waals surface area contributed by atoms with Crippen molar-refractivity contribution in [2.75, 3.05) is 43.1 Å². The SMILES string of the molecule is N#Cc1ccc(C(=O)OCC(=O)Nc2cc(C(F)(F)F)ccc2N2CCOCC2)cc1. The van der Waals surface area contributed by atoms with Crippen molar-refractivity contribution in [1.29, 1.82) is 5.26 Å². The number of carbonyl (C=O) groups excluding carboxylic acids is 2. The second kappa shape index (κ2) is 9.49. The van der Waals surface area contributed by atoms with E-state index in [0.29, 0.717) is 37.6 Å². The fourth-order valence-corrected chi connectivity index (χ4v) is 2.97. The smallest absolute Gasteiger partial charge is 0.416 e. The zero-order chi connectivity index (χ0) is 22.4. The fraction of sp³-hybridized carbons (Fsp3) is 0.286. The monoisotopic (exact) mass is 433 g/mol. The first-order valence-corrected chi connectivity index (χ1v) is 9.29. The number of halogens is 3. The Bertz CT molecular complexity index is 994. The van der Waals surface area contributed by atoms with Gasteiger partial charge in [-0.2, -0.15) is 18.4 Å². The van der Waals surface area contributed by atoms with Crippen LogP contribution in [-0.4, -0.2) is 44.8 Å². The molecule has 1 fully saturated rings. The number of nitrogens with one attached hydrogen (secondary N) is 1. The third kappa shape index (κ3) is 5.73. The van der Waals surface area contributed by atoms with Gasteiger partial charge in [-0.05, 0) is 42.5 Å². The summed E-state index contributed by atoms with van der Waals surface area (Å²) in [4.78, 5) is 26.1. The summed E-state index contributed by atoms with van der Waals surface area (Å²) in [5.41, 5.74) is -0.0250. The number of anilines is 2. The average Bonchev–Trinajstić information content (AvgIpc) is 2.77. The first-order chi connectivity index (χ1) is 14.8. The van der Waals surface area contributed by atoms with Crippen LogP contribution >= 0.6 is 0 Å². The minimum Gasteiger partial charge on any atom is -0.452 e. The molecule has 2 aromatic rings. The third-order valence-corrected chi connectivity index (χ3v) is 4.53. The average molecular weight is 433 g/mol. The van der Waals surface area contributed by atoms with E-state index in [9.17, 15) is 22.8 Å². The Kier molecular flexibility index (Phi) is 6.77. The Hall–Kier alpha value is -3.58. The van der Waals surface area contributed by atoms with E-state index >= 15 is 0 Å². The van der Waals surface area contributed by atoms with E-state index in [1.165, 1.54) is 30.3 Å². The maximum atomic E-state index is 13.1. The molecule has 0 unspecified atom stereocenters. The van der Waals surface area contributed by atoms with Crippen molar-refractivity contribution in [3.8, 4) is 6.07 Å². The van der Waals surface area contributed by atoms with Crippen molar-refractivity contribution in [3.63, 3.8) is 0 Å². The highest BCUT2D eigenvalue weighted by Crippen LogP contribution is 2.35. The molecule has 1 heterocycles. The van der Waals surface area contributed by atoms with Crippen LogP contribution in [-0.2, 0) is 20.4 Å². The van der Waals surface area contributed by atoms with E-state index in [2.05, 4.69) is 5.32 Å². The number of carbonyl (C=O) groups is 2. The molecule has 31 heavy (non-hydrogen) atoms. The van der Waals surface area contributed by atoms with Gasteiger partial charge in [0.2, 0.25) is 0 Å².